The van der Waals surface area contributed by atoms with Crippen LogP contribution in [0.1, 0.15) is 18.4 Å². The van der Waals surface area contributed by atoms with E-state index in [1.54, 1.807) is 18.2 Å². The normalized spacial score (nSPS) is 17.9. The van der Waals surface area contributed by atoms with Gasteiger partial charge in [0.1, 0.15) is 0 Å². The second-order valence-corrected chi connectivity index (χ2v) is 6.18. The van der Waals surface area contributed by atoms with Crippen LogP contribution in [0.3, 0.4) is 0 Å². The molecule has 3 rings (SSSR count). The molecule has 1 fully saturated rings. The second-order valence-electron chi connectivity index (χ2n) is 6.18. The summed E-state index contributed by atoms with van der Waals surface area (Å²) in [5.74, 6) is 0.144. The van der Waals surface area contributed by atoms with E-state index in [9.17, 15) is 10.4 Å². The lowest BCUT2D eigenvalue weighted by Crippen LogP contribution is -2.44. The molecule has 1 saturated heterocycles. The summed E-state index contributed by atoms with van der Waals surface area (Å²) in [5.41, 5.74) is 1.46. The fourth-order valence-electron chi connectivity index (χ4n) is 3.00. The Hall–Kier alpha value is -2.66. The lowest BCUT2D eigenvalue weighted by Gasteiger charge is -2.14. The predicted molar refractivity (Wildman–Crippen MR) is 87.7 cm³/mol. The number of nitriles is 1. The molecule has 8 heteroatoms. The van der Waals surface area contributed by atoms with Crippen LogP contribution < -0.4 is 14.9 Å². The number of rotatable bonds is 5. The maximum absolute atomic E-state index is 12.4. The molecule has 0 aliphatic carbocycles. The molecule has 1 aromatic carbocycles. The molecule has 1 N–H and O–H groups in total. The van der Waals surface area contributed by atoms with Gasteiger partial charge in [-0.2, -0.15) is 5.26 Å². The number of aromatic nitrogens is 3. The molecule has 1 unspecified atom stereocenters. The summed E-state index contributed by atoms with van der Waals surface area (Å²) in [6, 6.07) is 7.35. The molecule has 0 radical (unpaired) electrons. The van der Waals surface area contributed by atoms with Crippen LogP contribution in [0.25, 0.3) is 11.0 Å². The molecular weight excluding hydrogens is 308 g/mol. The Morgan fingerprint density at radius 3 is 3.00 bits per heavy atom. The number of nitrogens with zero attached hydrogens (tertiary/aromatic N) is 5. The van der Waals surface area contributed by atoms with Crippen molar-refractivity contribution >= 4 is 17.0 Å². The van der Waals surface area contributed by atoms with Gasteiger partial charge in [0.25, 0.3) is 5.52 Å². The van der Waals surface area contributed by atoms with Crippen molar-refractivity contribution in [3.63, 3.8) is 0 Å². The minimum atomic E-state index is 0.0134. The summed E-state index contributed by atoms with van der Waals surface area (Å²) in [7, 11) is 0. The highest BCUT2D eigenvalue weighted by atomic mass is 16.5. The molecule has 1 aromatic heterocycles. The number of fused-ring (bicyclic) bond motifs is 1. The molecule has 24 heavy (non-hydrogen) atoms. The lowest BCUT2D eigenvalue weighted by molar-refractivity contribution is -0.672. The van der Waals surface area contributed by atoms with E-state index in [1.807, 2.05) is 6.92 Å². The van der Waals surface area contributed by atoms with Gasteiger partial charge in [0, 0.05) is 24.0 Å². The maximum Gasteiger partial charge on any atom is 0.460 e. The van der Waals surface area contributed by atoms with Crippen molar-refractivity contribution < 1.29 is 9.58 Å². The molecule has 0 saturated carbocycles. The summed E-state index contributed by atoms with van der Waals surface area (Å²) >= 11 is 0. The Morgan fingerprint density at radius 2 is 2.25 bits per heavy atom. The number of hydrogen-bond donors (Lipinski definition) is 1. The number of benzene rings is 1. The first-order chi connectivity index (χ1) is 11.6. The van der Waals surface area contributed by atoms with Crippen LogP contribution in [0, 0.1) is 34.6 Å². The number of hydrogen-bond acceptors (Lipinski definition) is 6. The van der Waals surface area contributed by atoms with Crippen molar-refractivity contribution in [2.75, 3.05) is 31.5 Å². The van der Waals surface area contributed by atoms with Gasteiger partial charge in [-0.15, -0.1) is 0 Å². The number of aryl methyl sites for hydroxylation is 1. The Balaban J connectivity index is 1.61. The van der Waals surface area contributed by atoms with Crippen molar-refractivity contribution in [1.29, 1.82) is 5.26 Å². The fourth-order valence-corrected chi connectivity index (χ4v) is 3.00. The van der Waals surface area contributed by atoms with Crippen LogP contribution >= 0.6 is 0 Å². The zero-order chi connectivity index (χ0) is 17.1. The highest BCUT2D eigenvalue weighted by Gasteiger charge is 2.22. The summed E-state index contributed by atoms with van der Waals surface area (Å²) in [6.07, 6.45) is 1.73. The van der Waals surface area contributed by atoms with Crippen molar-refractivity contribution in [3.05, 3.63) is 34.2 Å². The van der Waals surface area contributed by atoms with E-state index in [0.717, 1.165) is 38.0 Å². The third-order valence-corrected chi connectivity index (χ3v) is 4.32. The molecule has 1 aliphatic rings. The average molecular weight is 328 g/mol. The van der Waals surface area contributed by atoms with E-state index in [-0.39, 0.29) is 17.4 Å². The Morgan fingerprint density at radius 1 is 1.42 bits per heavy atom. The standard InChI is InChI=1S/C16H20N6O2/c1-12-3-4-14-15(9-12)21(23)16(19-22(14)24)18-6-2-7-20-8-5-13(10-17)11-20/h3-4,9,13H,2,5-8,11H2,1H3,(H,18,19). The summed E-state index contributed by atoms with van der Waals surface area (Å²) in [5, 5.41) is 39.9. The van der Waals surface area contributed by atoms with Crippen molar-refractivity contribution in [2.24, 2.45) is 5.92 Å². The lowest BCUT2D eigenvalue weighted by atomic mass is 10.1. The van der Waals surface area contributed by atoms with Crippen molar-refractivity contribution in [1.82, 2.24) is 10.00 Å². The third kappa shape index (κ3) is 3.31. The Labute approximate surface area is 140 Å². The SMILES string of the molecule is Cc1ccc2c(c1)[n+]([O-])c(NCCCN1CCC(C#N)C1)n[n+]2[O-]. The van der Waals surface area contributed by atoms with Gasteiger partial charge in [0.2, 0.25) is 5.10 Å². The smallest absolute Gasteiger partial charge is 0.460 e. The molecule has 126 valence electrons. The molecule has 1 atom stereocenters. The topological polar surface area (TPSA) is 106 Å². The maximum atomic E-state index is 12.4. The molecule has 0 bridgehead atoms. The van der Waals surface area contributed by atoms with E-state index < -0.39 is 0 Å². The molecule has 0 amide bonds. The molecule has 0 spiro atoms. The van der Waals surface area contributed by atoms with Gasteiger partial charge in [-0.25, -0.2) is 4.73 Å². The Bertz CT molecular complexity index is 788. The number of likely N-dealkylation sites (tertiary alicyclic amines) is 1. The predicted octanol–water partition coefficient (Wildman–Crippen LogP) is 0.457. The molecule has 8 nitrogen and oxygen atoms in total. The van der Waals surface area contributed by atoms with Crippen LogP contribution in [0.4, 0.5) is 5.95 Å². The minimum absolute atomic E-state index is 0.0134. The van der Waals surface area contributed by atoms with Crippen LogP contribution in [0.15, 0.2) is 18.2 Å². The molecule has 2 heterocycles. The van der Waals surface area contributed by atoms with E-state index in [4.69, 9.17) is 5.26 Å². The van der Waals surface area contributed by atoms with Gasteiger partial charge in [0.05, 0.1) is 18.5 Å². The largest absolute Gasteiger partial charge is 0.739 e. The zero-order valence-corrected chi connectivity index (χ0v) is 13.6. The van der Waals surface area contributed by atoms with Crippen molar-refractivity contribution in [2.45, 2.75) is 19.8 Å². The molecular formula is C16H20N6O2. The number of nitrogens with one attached hydrogen (secondary N) is 1. The van der Waals surface area contributed by atoms with E-state index >= 15 is 0 Å². The summed E-state index contributed by atoms with van der Waals surface area (Å²) < 4.78 is 0.665. The van der Waals surface area contributed by atoms with Gasteiger partial charge in [-0.3, -0.25) is 5.32 Å². The van der Waals surface area contributed by atoms with Crippen LogP contribution in [-0.4, -0.2) is 36.2 Å². The van der Waals surface area contributed by atoms with Crippen LogP contribution in [0.2, 0.25) is 0 Å². The van der Waals surface area contributed by atoms with Crippen LogP contribution in [0.5, 0.6) is 0 Å². The van der Waals surface area contributed by atoms with Gasteiger partial charge in [-0.05, 0) is 37.9 Å². The first-order valence-corrected chi connectivity index (χ1v) is 8.08. The van der Waals surface area contributed by atoms with E-state index in [0.29, 0.717) is 21.6 Å². The fraction of sp³-hybridized carbons (Fsp3) is 0.500. The minimum Gasteiger partial charge on any atom is -0.739 e. The molecule has 2 aromatic rings. The van der Waals surface area contributed by atoms with Gasteiger partial charge in [0.15, 0.2) is 5.52 Å². The highest BCUT2D eigenvalue weighted by Crippen LogP contribution is 2.15. The van der Waals surface area contributed by atoms with Gasteiger partial charge >= 0.3 is 5.95 Å². The van der Waals surface area contributed by atoms with Gasteiger partial charge in [-0.1, -0.05) is 6.07 Å². The van der Waals surface area contributed by atoms with Crippen molar-refractivity contribution in [3.8, 4) is 6.07 Å². The quantitative estimate of drug-likeness (QED) is 0.485. The Kier molecular flexibility index (Phi) is 4.62. The highest BCUT2D eigenvalue weighted by molar-refractivity contribution is 5.68. The second kappa shape index (κ2) is 6.84. The van der Waals surface area contributed by atoms with Crippen LogP contribution in [-0.2, 0) is 0 Å². The summed E-state index contributed by atoms with van der Waals surface area (Å²) in [6.45, 7) is 5.01. The van der Waals surface area contributed by atoms with E-state index in [1.165, 1.54) is 0 Å². The first kappa shape index (κ1) is 16.2. The monoisotopic (exact) mass is 328 g/mol. The zero-order valence-electron chi connectivity index (χ0n) is 13.6. The first-order valence-electron chi connectivity index (χ1n) is 8.08. The average Bonchev–Trinajstić information content (AvgIpc) is 3.03. The van der Waals surface area contributed by atoms with Gasteiger partial charge < -0.3 is 15.3 Å². The number of anilines is 1. The van der Waals surface area contributed by atoms with E-state index in [2.05, 4.69) is 21.4 Å². The summed E-state index contributed by atoms with van der Waals surface area (Å²) in [4.78, 5) is 2.72. The molecule has 1 aliphatic heterocycles. The third-order valence-electron chi connectivity index (χ3n) is 4.32.